The predicted molar refractivity (Wildman–Crippen MR) is 74.9 cm³/mol. The second-order valence-corrected chi connectivity index (χ2v) is 4.32. The van der Waals surface area contributed by atoms with E-state index in [1.807, 2.05) is 7.05 Å². The van der Waals surface area contributed by atoms with E-state index in [1.165, 1.54) is 24.3 Å². The number of carbonyl (C=O) groups excluding carboxylic acids is 2. The summed E-state index contributed by atoms with van der Waals surface area (Å²) < 4.78 is 12.7. The minimum atomic E-state index is -0.379. The Morgan fingerprint density at radius 3 is 2.35 bits per heavy atom. The molecule has 0 bridgehead atoms. The normalized spacial score (nSPS) is 10.1. The number of halogens is 1. The van der Waals surface area contributed by atoms with Gasteiger partial charge in [-0.05, 0) is 44.3 Å². The Morgan fingerprint density at radius 1 is 1.05 bits per heavy atom. The van der Waals surface area contributed by atoms with Crippen LogP contribution in [-0.4, -0.2) is 38.5 Å². The molecule has 1 rings (SSSR count). The van der Waals surface area contributed by atoms with Crippen LogP contribution >= 0.6 is 0 Å². The van der Waals surface area contributed by atoms with E-state index in [2.05, 4.69) is 16.0 Å². The van der Waals surface area contributed by atoms with Crippen LogP contribution in [0.3, 0.4) is 0 Å². The summed E-state index contributed by atoms with van der Waals surface area (Å²) in [7, 11) is 1.84. The largest absolute Gasteiger partial charge is 0.354 e. The molecule has 0 aromatic heterocycles. The second kappa shape index (κ2) is 9.03. The molecule has 2 amide bonds. The van der Waals surface area contributed by atoms with Crippen molar-refractivity contribution in [3.05, 3.63) is 35.6 Å². The van der Waals surface area contributed by atoms with Crippen molar-refractivity contribution >= 4 is 11.8 Å². The highest BCUT2D eigenvalue weighted by Crippen LogP contribution is 2.01. The van der Waals surface area contributed by atoms with Crippen molar-refractivity contribution in [2.45, 2.75) is 12.8 Å². The molecule has 0 fully saturated rings. The number of nitrogens with one attached hydrogen (secondary N) is 3. The van der Waals surface area contributed by atoms with E-state index in [0.29, 0.717) is 25.1 Å². The van der Waals surface area contributed by atoms with E-state index >= 15 is 0 Å². The van der Waals surface area contributed by atoms with Gasteiger partial charge in [0.15, 0.2) is 0 Å². The van der Waals surface area contributed by atoms with Crippen molar-refractivity contribution in [2.24, 2.45) is 0 Å². The standard InChI is InChI=1S/C14H20FN3O2/c1-16-8-2-3-13(19)17-9-10-18-14(20)11-4-6-12(15)7-5-11/h4-7,16H,2-3,8-10H2,1H3,(H,17,19)(H,18,20). The first-order chi connectivity index (χ1) is 9.63. The molecule has 0 saturated carbocycles. The van der Waals surface area contributed by atoms with E-state index in [-0.39, 0.29) is 17.6 Å². The van der Waals surface area contributed by atoms with Crippen molar-refractivity contribution < 1.29 is 14.0 Å². The Labute approximate surface area is 117 Å². The van der Waals surface area contributed by atoms with Crippen LogP contribution in [0.15, 0.2) is 24.3 Å². The lowest BCUT2D eigenvalue weighted by molar-refractivity contribution is -0.121. The maximum Gasteiger partial charge on any atom is 0.251 e. The van der Waals surface area contributed by atoms with Gasteiger partial charge in [-0.3, -0.25) is 9.59 Å². The fourth-order valence-corrected chi connectivity index (χ4v) is 1.60. The molecular formula is C14H20FN3O2. The van der Waals surface area contributed by atoms with E-state index < -0.39 is 0 Å². The fourth-order valence-electron chi connectivity index (χ4n) is 1.60. The number of carbonyl (C=O) groups is 2. The lowest BCUT2D eigenvalue weighted by Crippen LogP contribution is -2.34. The average molecular weight is 281 g/mol. The van der Waals surface area contributed by atoms with Crippen LogP contribution in [-0.2, 0) is 4.79 Å². The van der Waals surface area contributed by atoms with E-state index in [1.54, 1.807) is 0 Å². The highest BCUT2D eigenvalue weighted by Gasteiger charge is 2.05. The number of hydrogen-bond acceptors (Lipinski definition) is 3. The molecule has 0 spiro atoms. The van der Waals surface area contributed by atoms with Gasteiger partial charge < -0.3 is 16.0 Å². The third-order valence-corrected chi connectivity index (χ3v) is 2.67. The molecule has 6 heteroatoms. The Hall–Kier alpha value is -1.95. The van der Waals surface area contributed by atoms with Gasteiger partial charge in [-0.2, -0.15) is 0 Å². The van der Waals surface area contributed by atoms with Crippen LogP contribution in [0.25, 0.3) is 0 Å². The summed E-state index contributed by atoms with van der Waals surface area (Å²) in [6.07, 6.45) is 1.25. The molecule has 0 unspecified atom stereocenters. The van der Waals surface area contributed by atoms with Crippen molar-refractivity contribution in [2.75, 3.05) is 26.7 Å². The highest BCUT2D eigenvalue weighted by atomic mass is 19.1. The van der Waals surface area contributed by atoms with Crippen LogP contribution in [0.1, 0.15) is 23.2 Å². The number of rotatable bonds is 8. The van der Waals surface area contributed by atoms with Gasteiger partial charge in [0.2, 0.25) is 5.91 Å². The second-order valence-electron chi connectivity index (χ2n) is 4.32. The lowest BCUT2D eigenvalue weighted by Gasteiger charge is -2.07. The molecule has 0 aliphatic carbocycles. The molecule has 20 heavy (non-hydrogen) atoms. The summed E-state index contributed by atoms with van der Waals surface area (Å²) >= 11 is 0. The quantitative estimate of drug-likeness (QED) is 0.613. The van der Waals surface area contributed by atoms with Crippen LogP contribution in [0.5, 0.6) is 0 Å². The van der Waals surface area contributed by atoms with Gasteiger partial charge >= 0.3 is 0 Å². The Kier molecular flexibility index (Phi) is 7.27. The van der Waals surface area contributed by atoms with Crippen molar-refractivity contribution in [1.82, 2.24) is 16.0 Å². The van der Waals surface area contributed by atoms with Crippen molar-refractivity contribution in [3.8, 4) is 0 Å². The Balaban J connectivity index is 2.16. The van der Waals surface area contributed by atoms with Crippen LogP contribution in [0.2, 0.25) is 0 Å². The van der Waals surface area contributed by atoms with Crippen molar-refractivity contribution in [3.63, 3.8) is 0 Å². The molecule has 1 aromatic carbocycles. The minimum absolute atomic E-state index is 0.0312. The van der Waals surface area contributed by atoms with Gasteiger partial charge in [0.05, 0.1) is 0 Å². The van der Waals surface area contributed by atoms with Crippen molar-refractivity contribution in [1.29, 1.82) is 0 Å². The van der Waals surface area contributed by atoms with Crippen LogP contribution in [0.4, 0.5) is 4.39 Å². The van der Waals surface area contributed by atoms with Gasteiger partial charge in [-0.25, -0.2) is 4.39 Å². The third kappa shape index (κ3) is 6.29. The predicted octanol–water partition coefficient (Wildman–Crippen LogP) is 0.671. The van der Waals surface area contributed by atoms with E-state index in [4.69, 9.17) is 0 Å². The number of amides is 2. The zero-order chi connectivity index (χ0) is 14.8. The summed E-state index contributed by atoms with van der Waals surface area (Å²) in [6.45, 7) is 1.52. The number of benzene rings is 1. The number of hydrogen-bond donors (Lipinski definition) is 3. The molecule has 5 nitrogen and oxygen atoms in total. The SMILES string of the molecule is CNCCCC(=O)NCCNC(=O)c1ccc(F)cc1. The zero-order valence-corrected chi connectivity index (χ0v) is 11.5. The van der Waals surface area contributed by atoms with Gasteiger partial charge in [0.25, 0.3) is 5.91 Å². The van der Waals surface area contributed by atoms with Gasteiger partial charge in [0, 0.05) is 25.1 Å². The summed E-state index contributed by atoms with van der Waals surface area (Å²) in [5.74, 6) is -0.693. The fraction of sp³-hybridized carbons (Fsp3) is 0.429. The maximum atomic E-state index is 12.7. The molecule has 0 aliphatic heterocycles. The monoisotopic (exact) mass is 281 g/mol. The summed E-state index contributed by atoms with van der Waals surface area (Å²) in [4.78, 5) is 23.0. The first-order valence-electron chi connectivity index (χ1n) is 6.58. The molecule has 3 N–H and O–H groups in total. The van der Waals surface area contributed by atoms with Gasteiger partial charge in [-0.1, -0.05) is 0 Å². The molecule has 0 radical (unpaired) electrons. The first kappa shape index (κ1) is 16.1. The summed E-state index contributed by atoms with van der Waals surface area (Å²) in [6, 6.07) is 5.30. The molecule has 0 aliphatic rings. The minimum Gasteiger partial charge on any atom is -0.354 e. The highest BCUT2D eigenvalue weighted by molar-refractivity contribution is 5.94. The van der Waals surface area contributed by atoms with Crippen LogP contribution < -0.4 is 16.0 Å². The van der Waals surface area contributed by atoms with E-state index in [0.717, 1.165) is 13.0 Å². The topological polar surface area (TPSA) is 70.2 Å². The smallest absolute Gasteiger partial charge is 0.251 e. The third-order valence-electron chi connectivity index (χ3n) is 2.67. The molecule has 1 aromatic rings. The zero-order valence-electron chi connectivity index (χ0n) is 11.5. The molecular weight excluding hydrogens is 261 g/mol. The van der Waals surface area contributed by atoms with Crippen LogP contribution in [0, 0.1) is 5.82 Å². The maximum absolute atomic E-state index is 12.7. The molecule has 0 saturated heterocycles. The summed E-state index contributed by atoms with van der Waals surface area (Å²) in [5, 5.41) is 8.33. The molecule has 0 heterocycles. The Morgan fingerprint density at radius 2 is 1.70 bits per heavy atom. The molecule has 110 valence electrons. The van der Waals surface area contributed by atoms with Gasteiger partial charge in [-0.15, -0.1) is 0 Å². The lowest BCUT2D eigenvalue weighted by atomic mass is 10.2. The average Bonchev–Trinajstić information content (AvgIpc) is 2.44. The summed E-state index contributed by atoms with van der Waals surface area (Å²) in [5.41, 5.74) is 0.395. The Bertz CT molecular complexity index is 435. The first-order valence-corrected chi connectivity index (χ1v) is 6.58. The van der Waals surface area contributed by atoms with E-state index in [9.17, 15) is 14.0 Å². The van der Waals surface area contributed by atoms with Gasteiger partial charge in [0.1, 0.15) is 5.82 Å². The molecule has 0 atom stereocenters.